The Morgan fingerprint density at radius 1 is 1.22 bits per heavy atom. The Kier molecular flexibility index (Phi) is 5.10. The monoisotopic (exact) mass is 331 g/mol. The number of aliphatic hydroxyl groups excluding tert-OH is 1. The molecule has 1 aromatic carbocycles. The van der Waals surface area contributed by atoms with E-state index in [2.05, 4.69) is 4.90 Å². The molecule has 3 rings (SSSR count). The number of likely N-dealkylation sites (tertiary alicyclic amines) is 1. The Balaban J connectivity index is 1.56. The molecule has 5 heteroatoms. The molecule has 0 amide bonds. The molecule has 4 nitrogen and oxygen atoms in total. The molecule has 1 aliphatic rings. The highest BCUT2D eigenvalue weighted by molar-refractivity contribution is 7.12. The van der Waals surface area contributed by atoms with Crippen LogP contribution in [0.2, 0.25) is 0 Å². The number of carboxylic acids is 1. The van der Waals surface area contributed by atoms with Crippen molar-refractivity contribution in [2.24, 2.45) is 5.92 Å². The smallest absolute Gasteiger partial charge is 0.346 e. The molecule has 1 aromatic heterocycles. The van der Waals surface area contributed by atoms with Gasteiger partial charge in [-0.1, -0.05) is 30.3 Å². The van der Waals surface area contributed by atoms with Crippen molar-refractivity contribution in [1.29, 1.82) is 0 Å². The van der Waals surface area contributed by atoms with Crippen molar-refractivity contribution >= 4 is 17.3 Å². The van der Waals surface area contributed by atoms with Crippen LogP contribution in [0.15, 0.2) is 41.8 Å². The number of piperidine rings is 1. The van der Waals surface area contributed by atoms with E-state index in [1.54, 1.807) is 0 Å². The van der Waals surface area contributed by atoms with Crippen molar-refractivity contribution in [2.45, 2.75) is 25.5 Å². The molecule has 122 valence electrons. The Morgan fingerprint density at radius 3 is 2.57 bits per heavy atom. The van der Waals surface area contributed by atoms with Gasteiger partial charge in [0.05, 0.1) is 6.10 Å². The van der Waals surface area contributed by atoms with Crippen molar-refractivity contribution in [2.75, 3.05) is 13.1 Å². The van der Waals surface area contributed by atoms with Crippen molar-refractivity contribution < 1.29 is 15.0 Å². The van der Waals surface area contributed by atoms with Crippen molar-refractivity contribution in [3.63, 3.8) is 0 Å². The standard InChI is InChI=1S/C18H21NO3S/c20-16(13-4-2-1-3-5-13)14-6-9-19(10-7-14)12-15-8-11-23-17(15)18(21)22/h1-5,8,11,14,16,20H,6-7,9-10,12H2,(H,21,22). The maximum absolute atomic E-state index is 11.2. The van der Waals surface area contributed by atoms with E-state index in [1.807, 2.05) is 41.8 Å². The third-order valence-electron chi connectivity index (χ3n) is 4.55. The van der Waals surface area contributed by atoms with E-state index in [4.69, 9.17) is 0 Å². The van der Waals surface area contributed by atoms with Gasteiger partial charge in [-0.25, -0.2) is 4.79 Å². The van der Waals surface area contributed by atoms with Crippen molar-refractivity contribution in [1.82, 2.24) is 4.90 Å². The number of thiophene rings is 1. The van der Waals surface area contributed by atoms with E-state index in [-0.39, 0.29) is 5.92 Å². The van der Waals surface area contributed by atoms with Gasteiger partial charge in [0.2, 0.25) is 0 Å². The number of carbonyl (C=O) groups is 1. The van der Waals surface area contributed by atoms with Crippen LogP contribution in [0.3, 0.4) is 0 Å². The summed E-state index contributed by atoms with van der Waals surface area (Å²) >= 11 is 1.28. The second-order valence-electron chi connectivity index (χ2n) is 6.05. The van der Waals surface area contributed by atoms with E-state index >= 15 is 0 Å². The Hall–Kier alpha value is -1.69. The van der Waals surface area contributed by atoms with E-state index < -0.39 is 12.1 Å². The zero-order valence-electron chi connectivity index (χ0n) is 12.9. The van der Waals surface area contributed by atoms with Gasteiger partial charge in [-0.2, -0.15) is 0 Å². The van der Waals surface area contributed by atoms with E-state index in [0.717, 1.165) is 37.1 Å². The van der Waals surface area contributed by atoms with E-state index in [1.165, 1.54) is 11.3 Å². The number of nitrogens with zero attached hydrogens (tertiary/aromatic N) is 1. The van der Waals surface area contributed by atoms with E-state index in [9.17, 15) is 15.0 Å². The zero-order chi connectivity index (χ0) is 16.2. The van der Waals surface area contributed by atoms with Crippen molar-refractivity contribution in [3.05, 3.63) is 57.8 Å². The highest BCUT2D eigenvalue weighted by atomic mass is 32.1. The summed E-state index contributed by atoms with van der Waals surface area (Å²) in [7, 11) is 0. The molecule has 1 fully saturated rings. The Morgan fingerprint density at radius 2 is 1.91 bits per heavy atom. The first kappa shape index (κ1) is 16.2. The Bertz CT molecular complexity index is 647. The van der Waals surface area contributed by atoms with Gasteiger partial charge in [0.1, 0.15) is 4.88 Å². The first-order valence-corrected chi connectivity index (χ1v) is 8.78. The predicted molar refractivity (Wildman–Crippen MR) is 90.7 cm³/mol. The number of benzene rings is 1. The molecule has 0 radical (unpaired) electrons. The van der Waals surface area contributed by atoms with Gasteiger partial charge in [-0.05, 0) is 54.4 Å². The number of hydrogen-bond acceptors (Lipinski definition) is 4. The highest BCUT2D eigenvalue weighted by Gasteiger charge is 2.26. The average Bonchev–Trinajstić information content (AvgIpc) is 3.04. The minimum atomic E-state index is -0.843. The maximum Gasteiger partial charge on any atom is 0.346 e. The number of rotatable bonds is 5. The number of carboxylic acid groups (broad SMARTS) is 1. The van der Waals surface area contributed by atoms with Gasteiger partial charge >= 0.3 is 5.97 Å². The summed E-state index contributed by atoms with van der Waals surface area (Å²) in [6, 6.07) is 11.7. The molecule has 0 saturated carbocycles. The van der Waals surface area contributed by atoms with Crippen LogP contribution in [-0.2, 0) is 6.54 Å². The summed E-state index contributed by atoms with van der Waals surface area (Å²) in [5.74, 6) is -0.570. The van der Waals surface area contributed by atoms with Crippen molar-refractivity contribution in [3.8, 4) is 0 Å². The number of aliphatic hydroxyl groups is 1. The van der Waals surface area contributed by atoms with Crippen LogP contribution in [0.25, 0.3) is 0 Å². The minimum absolute atomic E-state index is 0.273. The van der Waals surface area contributed by atoms with Crippen LogP contribution in [0.5, 0.6) is 0 Å². The van der Waals surface area contributed by atoms with Gasteiger partial charge in [0.25, 0.3) is 0 Å². The van der Waals surface area contributed by atoms with Crippen LogP contribution in [-0.4, -0.2) is 34.2 Å². The fraction of sp³-hybridized carbons (Fsp3) is 0.389. The molecule has 1 unspecified atom stereocenters. The fourth-order valence-corrected chi connectivity index (χ4v) is 3.99. The number of hydrogen-bond donors (Lipinski definition) is 2. The summed E-state index contributed by atoms with van der Waals surface area (Å²) < 4.78 is 0. The van der Waals surface area contributed by atoms with Crippen LogP contribution in [0, 0.1) is 5.92 Å². The summed E-state index contributed by atoms with van der Waals surface area (Å²) in [6.07, 6.45) is 1.46. The largest absolute Gasteiger partial charge is 0.477 e. The van der Waals surface area contributed by atoms with Gasteiger partial charge in [-0.15, -0.1) is 11.3 Å². The molecule has 1 saturated heterocycles. The summed E-state index contributed by atoms with van der Waals surface area (Å²) in [5, 5.41) is 21.5. The normalized spacial score (nSPS) is 18.0. The summed E-state index contributed by atoms with van der Waals surface area (Å²) in [5.41, 5.74) is 1.88. The maximum atomic E-state index is 11.2. The highest BCUT2D eigenvalue weighted by Crippen LogP contribution is 2.31. The lowest BCUT2D eigenvalue weighted by atomic mass is 9.87. The molecule has 2 heterocycles. The molecular formula is C18H21NO3S. The molecule has 23 heavy (non-hydrogen) atoms. The minimum Gasteiger partial charge on any atom is -0.477 e. The third-order valence-corrected chi connectivity index (χ3v) is 5.50. The quantitative estimate of drug-likeness (QED) is 0.881. The third kappa shape index (κ3) is 3.80. The zero-order valence-corrected chi connectivity index (χ0v) is 13.7. The van der Waals surface area contributed by atoms with Crippen LogP contribution < -0.4 is 0 Å². The van der Waals surface area contributed by atoms with Gasteiger partial charge < -0.3 is 10.2 Å². The van der Waals surface area contributed by atoms with E-state index in [0.29, 0.717) is 11.4 Å². The predicted octanol–water partition coefficient (Wildman–Crippen LogP) is 3.39. The second kappa shape index (κ2) is 7.25. The molecule has 2 aromatic rings. The molecular weight excluding hydrogens is 310 g/mol. The summed E-state index contributed by atoms with van der Waals surface area (Å²) in [4.78, 5) is 13.9. The molecule has 1 atom stereocenters. The molecule has 2 N–H and O–H groups in total. The van der Waals surface area contributed by atoms with Gasteiger partial charge in [0.15, 0.2) is 0 Å². The van der Waals surface area contributed by atoms with Crippen LogP contribution in [0.1, 0.15) is 39.7 Å². The fourth-order valence-electron chi connectivity index (χ4n) is 3.24. The lowest BCUT2D eigenvalue weighted by Gasteiger charge is -2.34. The van der Waals surface area contributed by atoms with Gasteiger partial charge in [-0.3, -0.25) is 4.90 Å². The second-order valence-corrected chi connectivity index (χ2v) is 6.97. The molecule has 0 aliphatic carbocycles. The topological polar surface area (TPSA) is 60.8 Å². The van der Waals surface area contributed by atoms with Crippen LogP contribution in [0.4, 0.5) is 0 Å². The first-order chi connectivity index (χ1) is 11.1. The van der Waals surface area contributed by atoms with Gasteiger partial charge in [0, 0.05) is 6.54 Å². The molecule has 1 aliphatic heterocycles. The Labute approximate surface area is 140 Å². The number of aromatic carboxylic acids is 1. The lowest BCUT2D eigenvalue weighted by molar-refractivity contribution is 0.0565. The lowest BCUT2D eigenvalue weighted by Crippen LogP contribution is -2.35. The summed E-state index contributed by atoms with van der Waals surface area (Å²) in [6.45, 7) is 2.46. The van der Waals surface area contributed by atoms with Crippen LogP contribution >= 0.6 is 11.3 Å². The molecule has 0 bridgehead atoms. The first-order valence-electron chi connectivity index (χ1n) is 7.90. The SMILES string of the molecule is O=C(O)c1sccc1CN1CCC(C(O)c2ccccc2)CC1. The average molecular weight is 331 g/mol. The molecule has 0 spiro atoms.